The molecule has 0 bridgehead atoms. The number of furan rings is 1. The van der Waals surface area contributed by atoms with Gasteiger partial charge < -0.3 is 19.0 Å². The van der Waals surface area contributed by atoms with E-state index in [2.05, 4.69) is 4.90 Å². The van der Waals surface area contributed by atoms with Crippen molar-refractivity contribution >= 4 is 11.8 Å². The second kappa shape index (κ2) is 7.66. The lowest BCUT2D eigenvalue weighted by Crippen LogP contribution is -2.54. The highest BCUT2D eigenvalue weighted by atomic mass is 16.5. The minimum absolute atomic E-state index is 0.0354. The van der Waals surface area contributed by atoms with Gasteiger partial charge in [-0.05, 0) is 49.7 Å². The van der Waals surface area contributed by atoms with Crippen LogP contribution in [-0.4, -0.2) is 54.4 Å². The van der Waals surface area contributed by atoms with Crippen LogP contribution >= 0.6 is 0 Å². The average Bonchev–Trinajstić information content (AvgIpc) is 3.37. The molecule has 2 saturated heterocycles. The molecular formula is C21H30N2O4. The fourth-order valence-electron chi connectivity index (χ4n) is 5.05. The first-order chi connectivity index (χ1) is 13.1. The number of methoxy groups -OCH3 is 1. The smallest absolute Gasteiger partial charge is 0.289 e. The molecule has 3 fully saturated rings. The van der Waals surface area contributed by atoms with Gasteiger partial charge in [0, 0.05) is 39.2 Å². The molecule has 0 N–H and O–H groups in total. The summed E-state index contributed by atoms with van der Waals surface area (Å²) in [6.07, 6.45) is 8.40. The van der Waals surface area contributed by atoms with E-state index < -0.39 is 0 Å². The van der Waals surface area contributed by atoms with Crippen LogP contribution in [0.4, 0.5) is 0 Å². The zero-order valence-electron chi connectivity index (χ0n) is 16.2. The largest absolute Gasteiger partial charge is 0.453 e. The molecule has 0 aromatic carbocycles. The summed E-state index contributed by atoms with van der Waals surface area (Å²) in [5.41, 5.74) is 0.192. The van der Waals surface area contributed by atoms with Crippen molar-refractivity contribution in [2.24, 2.45) is 5.41 Å². The summed E-state index contributed by atoms with van der Waals surface area (Å²) in [4.78, 5) is 29.3. The van der Waals surface area contributed by atoms with Crippen LogP contribution in [0.25, 0.3) is 0 Å². The maximum absolute atomic E-state index is 12.7. The van der Waals surface area contributed by atoms with Crippen LogP contribution in [0.15, 0.2) is 16.5 Å². The number of carbonyl (C=O) groups is 2. The second-order valence-electron chi connectivity index (χ2n) is 8.45. The van der Waals surface area contributed by atoms with Gasteiger partial charge in [-0.1, -0.05) is 12.8 Å². The van der Waals surface area contributed by atoms with Crippen molar-refractivity contribution in [2.75, 3.05) is 26.7 Å². The van der Waals surface area contributed by atoms with Crippen LogP contribution in [0.1, 0.15) is 67.7 Å². The van der Waals surface area contributed by atoms with Crippen molar-refractivity contribution in [1.29, 1.82) is 0 Å². The van der Waals surface area contributed by atoms with E-state index in [1.807, 2.05) is 4.90 Å². The van der Waals surface area contributed by atoms with Gasteiger partial charge in [-0.2, -0.15) is 0 Å². The van der Waals surface area contributed by atoms with E-state index in [4.69, 9.17) is 9.15 Å². The number of piperidine rings is 2. The Hall–Kier alpha value is -1.82. The number of carbonyl (C=O) groups excluding carboxylic acids is 2. The topological polar surface area (TPSA) is 63.0 Å². The Morgan fingerprint density at radius 1 is 1.22 bits per heavy atom. The van der Waals surface area contributed by atoms with Gasteiger partial charge in [0.25, 0.3) is 5.91 Å². The van der Waals surface area contributed by atoms with E-state index in [-0.39, 0.29) is 11.3 Å². The van der Waals surface area contributed by atoms with Crippen molar-refractivity contribution in [2.45, 2.75) is 64.0 Å². The molecule has 1 spiro atoms. The van der Waals surface area contributed by atoms with E-state index in [1.54, 1.807) is 19.2 Å². The lowest BCUT2D eigenvalue weighted by Gasteiger charge is -2.48. The lowest BCUT2D eigenvalue weighted by atomic mass is 9.72. The molecule has 27 heavy (non-hydrogen) atoms. The minimum atomic E-state index is -0.0354. The molecule has 1 aromatic rings. The fraction of sp³-hybridized carbons (Fsp3) is 0.714. The van der Waals surface area contributed by atoms with Crippen molar-refractivity contribution in [3.05, 3.63) is 23.7 Å². The molecule has 3 heterocycles. The van der Waals surface area contributed by atoms with E-state index >= 15 is 0 Å². The summed E-state index contributed by atoms with van der Waals surface area (Å²) in [6.45, 7) is 2.75. The fourth-order valence-corrected chi connectivity index (χ4v) is 5.05. The third kappa shape index (κ3) is 3.77. The second-order valence-corrected chi connectivity index (χ2v) is 8.45. The third-order valence-electron chi connectivity index (χ3n) is 6.73. The van der Waals surface area contributed by atoms with Gasteiger partial charge in [0.1, 0.15) is 12.4 Å². The number of rotatable bonds is 4. The zero-order chi connectivity index (χ0) is 18.9. The Morgan fingerprint density at radius 3 is 2.67 bits per heavy atom. The third-order valence-corrected chi connectivity index (χ3v) is 6.73. The summed E-state index contributed by atoms with van der Waals surface area (Å²) < 4.78 is 10.7. The van der Waals surface area contributed by atoms with Gasteiger partial charge in [0.05, 0.1) is 0 Å². The first kappa shape index (κ1) is 18.5. The Bertz CT molecular complexity index is 684. The van der Waals surface area contributed by atoms with Gasteiger partial charge in [-0.25, -0.2) is 0 Å². The number of ether oxygens (including phenoxy) is 1. The van der Waals surface area contributed by atoms with Crippen LogP contribution in [0.2, 0.25) is 0 Å². The Labute approximate surface area is 160 Å². The molecule has 2 amide bonds. The quantitative estimate of drug-likeness (QED) is 0.812. The first-order valence-corrected chi connectivity index (χ1v) is 10.3. The van der Waals surface area contributed by atoms with Crippen LogP contribution in [0.5, 0.6) is 0 Å². The Kier molecular flexibility index (Phi) is 5.26. The summed E-state index contributed by atoms with van der Waals surface area (Å²) >= 11 is 0. The first-order valence-electron chi connectivity index (χ1n) is 10.3. The zero-order valence-corrected chi connectivity index (χ0v) is 16.2. The molecule has 3 aliphatic rings. The molecule has 0 atom stereocenters. The standard InChI is InChI=1S/C21H30N2O4/c1-26-14-17-6-7-18(27-17)20(25)22-12-10-21(11-13-22)9-8-19(24)23(15-21)16-4-2-3-5-16/h6-7,16H,2-5,8-15H2,1H3. The van der Waals surface area contributed by atoms with Crippen molar-refractivity contribution < 1.29 is 18.7 Å². The van der Waals surface area contributed by atoms with Crippen LogP contribution in [0.3, 0.4) is 0 Å². The number of amides is 2. The molecule has 6 heteroatoms. The van der Waals surface area contributed by atoms with Gasteiger partial charge in [-0.3, -0.25) is 9.59 Å². The molecule has 4 rings (SSSR count). The number of hydrogen-bond acceptors (Lipinski definition) is 4. The molecule has 1 saturated carbocycles. The van der Waals surface area contributed by atoms with E-state index in [1.165, 1.54) is 12.8 Å². The summed E-state index contributed by atoms with van der Waals surface area (Å²) in [7, 11) is 1.61. The van der Waals surface area contributed by atoms with Gasteiger partial charge >= 0.3 is 0 Å². The predicted octanol–water partition coefficient (Wildman–Crippen LogP) is 3.21. The maximum atomic E-state index is 12.7. The van der Waals surface area contributed by atoms with Crippen molar-refractivity contribution in [3.63, 3.8) is 0 Å². The van der Waals surface area contributed by atoms with E-state index in [0.717, 1.165) is 51.7 Å². The normalized spacial score (nSPS) is 23.4. The van der Waals surface area contributed by atoms with Crippen LogP contribution < -0.4 is 0 Å². The van der Waals surface area contributed by atoms with Crippen LogP contribution in [0, 0.1) is 5.41 Å². The molecule has 6 nitrogen and oxygen atoms in total. The minimum Gasteiger partial charge on any atom is -0.453 e. The summed E-state index contributed by atoms with van der Waals surface area (Å²) in [6, 6.07) is 3.99. The van der Waals surface area contributed by atoms with Gasteiger partial charge in [-0.15, -0.1) is 0 Å². The lowest BCUT2D eigenvalue weighted by molar-refractivity contribution is -0.142. The SMILES string of the molecule is COCc1ccc(C(=O)N2CCC3(CCC(=O)N(C4CCCC4)C3)CC2)o1. The number of hydrogen-bond donors (Lipinski definition) is 0. The predicted molar refractivity (Wildman–Crippen MR) is 100 cm³/mol. The van der Waals surface area contributed by atoms with Crippen LogP contribution in [-0.2, 0) is 16.1 Å². The molecular weight excluding hydrogens is 344 g/mol. The average molecular weight is 374 g/mol. The van der Waals surface area contributed by atoms with Gasteiger partial charge in [0.15, 0.2) is 5.76 Å². The summed E-state index contributed by atoms with van der Waals surface area (Å²) in [5.74, 6) is 1.37. The maximum Gasteiger partial charge on any atom is 0.289 e. The highest BCUT2D eigenvalue weighted by Crippen LogP contribution is 2.42. The highest BCUT2D eigenvalue weighted by molar-refractivity contribution is 5.91. The molecule has 1 aromatic heterocycles. The highest BCUT2D eigenvalue weighted by Gasteiger charge is 2.44. The molecule has 0 unspecified atom stereocenters. The van der Waals surface area contributed by atoms with Crippen molar-refractivity contribution in [1.82, 2.24) is 9.80 Å². The Balaban J connectivity index is 1.37. The van der Waals surface area contributed by atoms with Gasteiger partial charge in [0.2, 0.25) is 5.91 Å². The van der Waals surface area contributed by atoms with E-state index in [0.29, 0.717) is 36.5 Å². The monoisotopic (exact) mass is 374 g/mol. The molecule has 0 radical (unpaired) electrons. The summed E-state index contributed by atoms with van der Waals surface area (Å²) in [5, 5.41) is 0. The Morgan fingerprint density at radius 2 is 1.96 bits per heavy atom. The molecule has 1 aliphatic carbocycles. The molecule has 148 valence electrons. The number of nitrogens with zero attached hydrogens (tertiary/aromatic N) is 2. The van der Waals surface area contributed by atoms with Crippen molar-refractivity contribution in [3.8, 4) is 0 Å². The van der Waals surface area contributed by atoms with E-state index in [9.17, 15) is 9.59 Å². The molecule has 2 aliphatic heterocycles. The number of likely N-dealkylation sites (tertiary alicyclic amines) is 2.